The lowest BCUT2D eigenvalue weighted by atomic mass is 10.1. The third-order valence-electron chi connectivity index (χ3n) is 1.85. The molecule has 0 amide bonds. The van der Waals surface area contributed by atoms with E-state index < -0.39 is 0 Å². The molecule has 15 heavy (non-hydrogen) atoms. The molecule has 1 aromatic rings. The molecule has 0 aliphatic carbocycles. The van der Waals surface area contributed by atoms with Gasteiger partial charge in [-0.2, -0.15) is 0 Å². The van der Waals surface area contributed by atoms with Crippen LogP contribution in [0.1, 0.15) is 22.3 Å². The van der Waals surface area contributed by atoms with Crippen molar-refractivity contribution in [3.8, 4) is 17.6 Å². The minimum Gasteiger partial charge on any atom is -0.497 e. The normalized spacial score (nSPS) is 8.93. The average molecular weight is 204 g/mol. The first-order chi connectivity index (χ1) is 7.31. The standard InChI is InChI=1S/C12H12O3/c1-15-12-6-5-10(4-2-3-7-13)11(8-12)9-14/h5-6,8-9,13H,3,7H2,1H3. The third-order valence-corrected chi connectivity index (χ3v) is 1.85. The summed E-state index contributed by atoms with van der Waals surface area (Å²) in [6, 6.07) is 5.11. The molecule has 0 bridgehead atoms. The SMILES string of the molecule is COc1ccc(C#CCCO)c(C=O)c1. The number of rotatable bonds is 3. The molecular formula is C12H12O3. The van der Waals surface area contributed by atoms with Gasteiger partial charge in [0.2, 0.25) is 0 Å². The Morgan fingerprint density at radius 1 is 1.53 bits per heavy atom. The fourth-order valence-corrected chi connectivity index (χ4v) is 1.09. The van der Waals surface area contributed by atoms with E-state index >= 15 is 0 Å². The number of hydrogen-bond donors (Lipinski definition) is 1. The Morgan fingerprint density at radius 3 is 2.93 bits per heavy atom. The topological polar surface area (TPSA) is 46.5 Å². The highest BCUT2D eigenvalue weighted by atomic mass is 16.5. The first-order valence-electron chi connectivity index (χ1n) is 4.54. The van der Waals surface area contributed by atoms with Gasteiger partial charge in [-0.1, -0.05) is 11.8 Å². The lowest BCUT2D eigenvalue weighted by molar-refractivity contribution is 0.112. The van der Waals surface area contributed by atoms with E-state index in [4.69, 9.17) is 9.84 Å². The summed E-state index contributed by atoms with van der Waals surface area (Å²) in [4.78, 5) is 10.8. The number of carbonyl (C=O) groups is 1. The van der Waals surface area contributed by atoms with E-state index in [0.29, 0.717) is 23.3 Å². The summed E-state index contributed by atoms with van der Waals surface area (Å²) in [7, 11) is 1.54. The van der Waals surface area contributed by atoms with Crippen LogP contribution in [0.3, 0.4) is 0 Å². The number of aliphatic hydroxyl groups excluding tert-OH is 1. The first-order valence-corrected chi connectivity index (χ1v) is 4.54. The molecule has 1 N–H and O–H groups in total. The van der Waals surface area contributed by atoms with Crippen LogP contribution in [0.5, 0.6) is 5.75 Å². The molecule has 0 atom stereocenters. The summed E-state index contributed by atoms with van der Waals surface area (Å²) in [5.74, 6) is 6.21. The van der Waals surface area contributed by atoms with Crippen molar-refractivity contribution in [2.24, 2.45) is 0 Å². The van der Waals surface area contributed by atoms with E-state index in [0.717, 1.165) is 6.29 Å². The van der Waals surface area contributed by atoms with Crippen molar-refractivity contribution in [1.82, 2.24) is 0 Å². The quantitative estimate of drug-likeness (QED) is 0.595. The van der Waals surface area contributed by atoms with Crippen molar-refractivity contribution < 1.29 is 14.6 Å². The molecule has 1 rings (SSSR count). The van der Waals surface area contributed by atoms with Gasteiger partial charge >= 0.3 is 0 Å². The van der Waals surface area contributed by atoms with Crippen LogP contribution in [0, 0.1) is 11.8 Å². The zero-order chi connectivity index (χ0) is 11.1. The van der Waals surface area contributed by atoms with E-state index in [-0.39, 0.29) is 6.61 Å². The Kier molecular flexibility index (Phi) is 4.39. The van der Waals surface area contributed by atoms with E-state index in [1.165, 1.54) is 0 Å². The average Bonchev–Trinajstić information content (AvgIpc) is 2.29. The summed E-state index contributed by atoms with van der Waals surface area (Å²) in [5.41, 5.74) is 1.15. The van der Waals surface area contributed by atoms with Crippen LogP contribution >= 0.6 is 0 Å². The molecule has 1 aromatic carbocycles. The van der Waals surface area contributed by atoms with Crippen LogP contribution < -0.4 is 4.74 Å². The lowest BCUT2D eigenvalue weighted by Gasteiger charge is -2.01. The number of benzene rings is 1. The predicted molar refractivity (Wildman–Crippen MR) is 57.0 cm³/mol. The largest absolute Gasteiger partial charge is 0.497 e. The molecule has 0 radical (unpaired) electrons. The van der Waals surface area contributed by atoms with Crippen molar-refractivity contribution in [1.29, 1.82) is 0 Å². The fraction of sp³-hybridized carbons (Fsp3) is 0.250. The van der Waals surface area contributed by atoms with E-state index in [1.54, 1.807) is 25.3 Å². The van der Waals surface area contributed by atoms with Crippen molar-refractivity contribution in [2.45, 2.75) is 6.42 Å². The molecule has 0 heterocycles. The van der Waals surface area contributed by atoms with Crippen molar-refractivity contribution in [2.75, 3.05) is 13.7 Å². The number of aldehydes is 1. The maximum Gasteiger partial charge on any atom is 0.151 e. The zero-order valence-electron chi connectivity index (χ0n) is 8.49. The molecule has 3 heteroatoms. The van der Waals surface area contributed by atoms with Gasteiger partial charge in [0.05, 0.1) is 13.7 Å². The second-order valence-electron chi connectivity index (χ2n) is 2.85. The molecule has 0 aliphatic rings. The molecule has 0 unspecified atom stereocenters. The number of hydrogen-bond acceptors (Lipinski definition) is 3. The first kappa shape index (κ1) is 11.3. The van der Waals surface area contributed by atoms with Crippen LogP contribution in [-0.4, -0.2) is 25.1 Å². The van der Waals surface area contributed by atoms with Gasteiger partial charge in [0.25, 0.3) is 0 Å². The minimum atomic E-state index is 0.0274. The second kappa shape index (κ2) is 5.84. The van der Waals surface area contributed by atoms with E-state index in [9.17, 15) is 4.79 Å². The van der Waals surface area contributed by atoms with Gasteiger partial charge in [-0.05, 0) is 18.2 Å². The molecule has 0 aromatic heterocycles. The molecular weight excluding hydrogens is 192 g/mol. The van der Waals surface area contributed by atoms with Crippen molar-refractivity contribution in [3.63, 3.8) is 0 Å². The maximum absolute atomic E-state index is 10.8. The van der Waals surface area contributed by atoms with Gasteiger partial charge in [0, 0.05) is 17.5 Å². The van der Waals surface area contributed by atoms with E-state index in [2.05, 4.69) is 11.8 Å². The summed E-state index contributed by atoms with van der Waals surface area (Å²) in [6.45, 7) is 0.0274. The van der Waals surface area contributed by atoms with Gasteiger partial charge in [-0.25, -0.2) is 0 Å². The number of carbonyl (C=O) groups excluding carboxylic acids is 1. The Morgan fingerprint density at radius 2 is 2.33 bits per heavy atom. The smallest absolute Gasteiger partial charge is 0.151 e. The van der Waals surface area contributed by atoms with Crippen molar-refractivity contribution >= 4 is 6.29 Å². The van der Waals surface area contributed by atoms with Gasteiger partial charge < -0.3 is 9.84 Å². The summed E-state index contributed by atoms with van der Waals surface area (Å²) < 4.78 is 4.99. The van der Waals surface area contributed by atoms with Crippen LogP contribution in [0.25, 0.3) is 0 Å². The van der Waals surface area contributed by atoms with Crippen LogP contribution in [-0.2, 0) is 0 Å². The molecule has 0 aliphatic heterocycles. The summed E-state index contributed by atoms with van der Waals surface area (Å²) in [5, 5.41) is 8.56. The highest BCUT2D eigenvalue weighted by Crippen LogP contribution is 2.15. The number of ether oxygens (including phenoxy) is 1. The molecule has 0 spiro atoms. The Hall–Kier alpha value is -1.79. The molecule has 0 saturated carbocycles. The highest BCUT2D eigenvalue weighted by Gasteiger charge is 2.00. The summed E-state index contributed by atoms with van der Waals surface area (Å²) >= 11 is 0. The number of methoxy groups -OCH3 is 1. The molecule has 0 fully saturated rings. The fourth-order valence-electron chi connectivity index (χ4n) is 1.09. The minimum absolute atomic E-state index is 0.0274. The Labute approximate surface area is 88.7 Å². The zero-order valence-corrected chi connectivity index (χ0v) is 8.49. The number of aliphatic hydroxyl groups is 1. The van der Waals surface area contributed by atoms with Crippen LogP contribution in [0.2, 0.25) is 0 Å². The third kappa shape index (κ3) is 3.12. The van der Waals surface area contributed by atoms with Crippen LogP contribution in [0.4, 0.5) is 0 Å². The van der Waals surface area contributed by atoms with Gasteiger partial charge in [0.15, 0.2) is 6.29 Å². The van der Waals surface area contributed by atoms with Gasteiger partial charge in [0.1, 0.15) is 5.75 Å². The Bertz CT molecular complexity index is 399. The molecule has 3 nitrogen and oxygen atoms in total. The van der Waals surface area contributed by atoms with Gasteiger partial charge in [-0.3, -0.25) is 4.79 Å². The second-order valence-corrected chi connectivity index (χ2v) is 2.85. The summed E-state index contributed by atoms with van der Waals surface area (Å²) in [6.07, 6.45) is 1.15. The Balaban J connectivity index is 2.99. The highest BCUT2D eigenvalue weighted by molar-refractivity contribution is 5.80. The maximum atomic E-state index is 10.8. The molecule has 78 valence electrons. The van der Waals surface area contributed by atoms with Crippen LogP contribution in [0.15, 0.2) is 18.2 Å². The van der Waals surface area contributed by atoms with E-state index in [1.807, 2.05) is 0 Å². The van der Waals surface area contributed by atoms with Crippen molar-refractivity contribution in [3.05, 3.63) is 29.3 Å². The lowest BCUT2D eigenvalue weighted by Crippen LogP contribution is -1.90. The molecule has 0 saturated heterocycles. The predicted octanol–water partition coefficient (Wildman–Crippen LogP) is 1.24. The van der Waals surface area contributed by atoms with Gasteiger partial charge in [-0.15, -0.1) is 0 Å². The monoisotopic (exact) mass is 204 g/mol.